The van der Waals surface area contributed by atoms with Crippen molar-refractivity contribution in [1.82, 2.24) is 10.0 Å². The predicted molar refractivity (Wildman–Crippen MR) is 85.0 cm³/mol. The van der Waals surface area contributed by atoms with Crippen LogP contribution in [0.2, 0.25) is 0 Å². The van der Waals surface area contributed by atoms with Crippen LogP contribution >= 0.6 is 0 Å². The van der Waals surface area contributed by atoms with Gasteiger partial charge in [-0.3, -0.25) is 4.79 Å². The van der Waals surface area contributed by atoms with Crippen LogP contribution in [-0.4, -0.2) is 53.2 Å². The number of ether oxygens (including phenoxy) is 2. The van der Waals surface area contributed by atoms with Gasteiger partial charge in [-0.25, -0.2) is 17.9 Å². The van der Waals surface area contributed by atoms with Crippen molar-refractivity contribution in [3.8, 4) is 0 Å². The Hall–Kier alpha value is -1.97. The maximum atomic E-state index is 12.3. The molecule has 132 valence electrons. The van der Waals surface area contributed by atoms with Crippen molar-refractivity contribution < 1.29 is 27.5 Å². The molecule has 9 heteroatoms. The van der Waals surface area contributed by atoms with E-state index in [-0.39, 0.29) is 23.1 Å². The summed E-state index contributed by atoms with van der Waals surface area (Å²) >= 11 is 0. The van der Waals surface area contributed by atoms with E-state index in [2.05, 4.69) is 10.0 Å². The normalized spacial score (nSPS) is 17.5. The van der Waals surface area contributed by atoms with Crippen molar-refractivity contribution in [1.29, 1.82) is 0 Å². The molecule has 1 aromatic rings. The van der Waals surface area contributed by atoms with Crippen LogP contribution < -0.4 is 10.0 Å². The van der Waals surface area contributed by atoms with Crippen LogP contribution in [0.4, 0.5) is 0 Å². The van der Waals surface area contributed by atoms with Crippen LogP contribution in [0.1, 0.15) is 23.2 Å². The van der Waals surface area contributed by atoms with E-state index in [0.717, 1.165) is 12.8 Å². The molecule has 2 N–H and O–H groups in total. The Morgan fingerprint density at radius 3 is 2.83 bits per heavy atom. The van der Waals surface area contributed by atoms with Crippen LogP contribution in [0.5, 0.6) is 0 Å². The standard InChI is InChI=1S/C15H20N2O6S/c1-16-14(18)10-23-15(19)11-4-2-6-13(8-11)24(20,21)17-9-12-5-3-7-22-12/h2,4,6,8,12,17H,3,5,7,9-10H2,1H3,(H,16,18)/t12-/m0/s1. The second kappa shape index (κ2) is 8.22. The lowest BCUT2D eigenvalue weighted by Crippen LogP contribution is -2.32. The Morgan fingerprint density at radius 2 is 2.17 bits per heavy atom. The molecule has 1 amide bonds. The van der Waals surface area contributed by atoms with E-state index in [4.69, 9.17) is 9.47 Å². The number of hydrogen-bond donors (Lipinski definition) is 2. The molecule has 1 aliphatic heterocycles. The summed E-state index contributed by atoms with van der Waals surface area (Å²) in [6.45, 7) is 0.399. The molecule has 0 saturated carbocycles. The molecule has 1 heterocycles. The molecule has 0 bridgehead atoms. The fourth-order valence-corrected chi connectivity index (χ4v) is 3.28. The quantitative estimate of drug-likeness (QED) is 0.668. The van der Waals surface area contributed by atoms with Gasteiger partial charge >= 0.3 is 5.97 Å². The van der Waals surface area contributed by atoms with E-state index in [1.807, 2.05) is 0 Å². The van der Waals surface area contributed by atoms with Gasteiger partial charge < -0.3 is 14.8 Å². The van der Waals surface area contributed by atoms with Gasteiger partial charge in [0.2, 0.25) is 10.0 Å². The number of benzene rings is 1. The first-order valence-electron chi connectivity index (χ1n) is 7.51. The molecule has 1 aliphatic rings. The zero-order chi connectivity index (χ0) is 17.6. The summed E-state index contributed by atoms with van der Waals surface area (Å²) in [7, 11) is -2.34. The van der Waals surface area contributed by atoms with Gasteiger partial charge in [-0.15, -0.1) is 0 Å². The third-order valence-corrected chi connectivity index (χ3v) is 4.94. The number of rotatable bonds is 7. The van der Waals surface area contributed by atoms with Gasteiger partial charge in [0.05, 0.1) is 16.6 Å². The van der Waals surface area contributed by atoms with Crippen LogP contribution in [0.3, 0.4) is 0 Å². The fraction of sp³-hybridized carbons (Fsp3) is 0.467. The lowest BCUT2D eigenvalue weighted by atomic mass is 10.2. The highest BCUT2D eigenvalue weighted by Gasteiger charge is 2.21. The summed E-state index contributed by atoms with van der Waals surface area (Å²) in [6, 6.07) is 5.46. The average Bonchev–Trinajstić information content (AvgIpc) is 3.11. The Bertz CT molecular complexity index is 698. The van der Waals surface area contributed by atoms with Crippen LogP contribution in [0, 0.1) is 0 Å². The SMILES string of the molecule is CNC(=O)COC(=O)c1cccc(S(=O)(=O)NC[C@@H]2CCCO2)c1. The van der Waals surface area contributed by atoms with Crippen molar-refractivity contribution in [3.05, 3.63) is 29.8 Å². The molecule has 1 atom stereocenters. The van der Waals surface area contributed by atoms with E-state index in [1.54, 1.807) is 0 Å². The molecule has 24 heavy (non-hydrogen) atoms. The first kappa shape index (κ1) is 18.4. The molecule has 2 rings (SSSR count). The number of carbonyl (C=O) groups excluding carboxylic acids is 2. The summed E-state index contributed by atoms with van der Waals surface area (Å²) < 4.78 is 37.2. The Morgan fingerprint density at radius 1 is 1.38 bits per heavy atom. The van der Waals surface area contributed by atoms with Crippen molar-refractivity contribution in [2.45, 2.75) is 23.8 Å². The molecule has 0 spiro atoms. The average molecular weight is 356 g/mol. The minimum Gasteiger partial charge on any atom is -0.452 e. The summed E-state index contributed by atoms with van der Waals surface area (Å²) in [5.74, 6) is -1.22. The molecule has 0 unspecified atom stereocenters. The monoisotopic (exact) mass is 356 g/mol. The van der Waals surface area contributed by atoms with Crippen LogP contribution in [-0.2, 0) is 24.3 Å². The molecule has 1 saturated heterocycles. The predicted octanol–water partition coefficient (Wildman–Crippen LogP) is 0.0467. The second-order valence-corrected chi connectivity index (χ2v) is 7.03. The third kappa shape index (κ3) is 5.02. The molecular weight excluding hydrogens is 336 g/mol. The Labute approximate surface area is 140 Å². The third-order valence-electron chi connectivity index (χ3n) is 3.52. The van der Waals surface area contributed by atoms with Crippen LogP contribution in [0.15, 0.2) is 29.2 Å². The minimum atomic E-state index is -3.76. The van der Waals surface area contributed by atoms with Gasteiger partial charge in [0.25, 0.3) is 5.91 Å². The van der Waals surface area contributed by atoms with Crippen molar-refractivity contribution >= 4 is 21.9 Å². The topological polar surface area (TPSA) is 111 Å². The number of sulfonamides is 1. The van der Waals surface area contributed by atoms with E-state index < -0.39 is 28.5 Å². The van der Waals surface area contributed by atoms with Gasteiger partial charge in [0, 0.05) is 20.2 Å². The van der Waals surface area contributed by atoms with E-state index in [0.29, 0.717) is 6.61 Å². The number of carbonyl (C=O) groups is 2. The highest BCUT2D eigenvalue weighted by Crippen LogP contribution is 2.15. The first-order valence-corrected chi connectivity index (χ1v) is 9.00. The molecule has 0 aromatic heterocycles. The second-order valence-electron chi connectivity index (χ2n) is 5.26. The molecular formula is C15H20N2O6S. The molecule has 1 fully saturated rings. The van der Waals surface area contributed by atoms with Gasteiger partial charge in [0.1, 0.15) is 0 Å². The van der Waals surface area contributed by atoms with Gasteiger partial charge in [0.15, 0.2) is 6.61 Å². The minimum absolute atomic E-state index is 0.0464. The smallest absolute Gasteiger partial charge is 0.338 e. The Balaban J connectivity index is 2.02. The van der Waals surface area contributed by atoms with E-state index in [9.17, 15) is 18.0 Å². The van der Waals surface area contributed by atoms with Gasteiger partial charge in [-0.2, -0.15) is 0 Å². The Kier molecular flexibility index (Phi) is 6.29. The molecule has 8 nitrogen and oxygen atoms in total. The largest absolute Gasteiger partial charge is 0.452 e. The van der Waals surface area contributed by atoms with Gasteiger partial charge in [-0.05, 0) is 31.0 Å². The number of esters is 1. The van der Waals surface area contributed by atoms with E-state index >= 15 is 0 Å². The zero-order valence-corrected chi connectivity index (χ0v) is 14.1. The molecule has 1 aromatic carbocycles. The number of nitrogens with one attached hydrogen (secondary N) is 2. The van der Waals surface area contributed by atoms with Crippen LogP contribution in [0.25, 0.3) is 0 Å². The maximum Gasteiger partial charge on any atom is 0.338 e. The highest BCUT2D eigenvalue weighted by atomic mass is 32.2. The summed E-state index contributed by atoms with van der Waals surface area (Å²) in [6.07, 6.45) is 1.61. The van der Waals surface area contributed by atoms with E-state index in [1.165, 1.54) is 31.3 Å². The number of amides is 1. The lowest BCUT2D eigenvalue weighted by molar-refractivity contribution is -0.123. The van der Waals surface area contributed by atoms with Crippen molar-refractivity contribution in [3.63, 3.8) is 0 Å². The van der Waals surface area contributed by atoms with Gasteiger partial charge in [-0.1, -0.05) is 6.07 Å². The first-order chi connectivity index (χ1) is 11.4. The highest BCUT2D eigenvalue weighted by molar-refractivity contribution is 7.89. The number of hydrogen-bond acceptors (Lipinski definition) is 6. The summed E-state index contributed by atoms with van der Waals surface area (Å²) in [5, 5.41) is 2.32. The molecule has 0 radical (unpaired) electrons. The zero-order valence-electron chi connectivity index (χ0n) is 13.3. The summed E-state index contributed by atoms with van der Waals surface area (Å²) in [4.78, 5) is 22.9. The summed E-state index contributed by atoms with van der Waals surface area (Å²) in [5.41, 5.74) is 0.0545. The lowest BCUT2D eigenvalue weighted by Gasteiger charge is -2.12. The van der Waals surface area contributed by atoms with Crippen molar-refractivity contribution in [2.24, 2.45) is 0 Å². The fourth-order valence-electron chi connectivity index (χ4n) is 2.17. The molecule has 0 aliphatic carbocycles. The maximum absolute atomic E-state index is 12.3. The number of likely N-dealkylation sites (N-methyl/N-ethyl adjacent to an activating group) is 1. The van der Waals surface area contributed by atoms with Crippen molar-refractivity contribution in [2.75, 3.05) is 26.8 Å².